The van der Waals surface area contributed by atoms with E-state index in [0.29, 0.717) is 0 Å². The lowest BCUT2D eigenvalue weighted by Crippen LogP contribution is -2.21. The fourth-order valence-electron chi connectivity index (χ4n) is 2.36. The Balaban J connectivity index is 2.25. The van der Waals surface area contributed by atoms with Gasteiger partial charge in [-0.25, -0.2) is 0 Å². The molecule has 1 N–H and O–H groups in total. The van der Waals surface area contributed by atoms with Gasteiger partial charge in [0.2, 0.25) is 0 Å². The van der Waals surface area contributed by atoms with Crippen molar-refractivity contribution in [1.29, 1.82) is 0 Å². The summed E-state index contributed by atoms with van der Waals surface area (Å²) < 4.78 is 0. The van der Waals surface area contributed by atoms with E-state index in [9.17, 15) is 0 Å². The normalized spacial score (nSPS) is 29.1. The summed E-state index contributed by atoms with van der Waals surface area (Å²) in [6.45, 7) is 4.99. The predicted octanol–water partition coefficient (Wildman–Crippen LogP) is 2.59. The van der Waals surface area contributed by atoms with Gasteiger partial charge in [0.15, 0.2) is 0 Å². The Bertz CT molecular complexity index is 131. The molecule has 1 aliphatic carbocycles. The van der Waals surface area contributed by atoms with Gasteiger partial charge >= 0.3 is 0 Å². The van der Waals surface area contributed by atoms with Gasteiger partial charge in [-0.15, -0.1) is 6.58 Å². The Hall–Kier alpha value is -0.300. The molecule has 0 spiro atoms. The summed E-state index contributed by atoms with van der Waals surface area (Å²) in [5.41, 5.74) is 0. The van der Waals surface area contributed by atoms with Crippen LogP contribution in [0.5, 0.6) is 0 Å². The molecule has 0 bridgehead atoms. The molecule has 0 aromatic carbocycles. The third-order valence-electron chi connectivity index (χ3n) is 3.02. The first-order valence-electron chi connectivity index (χ1n) is 5.14. The van der Waals surface area contributed by atoms with E-state index in [0.717, 1.165) is 11.8 Å². The summed E-state index contributed by atoms with van der Waals surface area (Å²) in [4.78, 5) is 0. The fourth-order valence-corrected chi connectivity index (χ4v) is 2.36. The van der Waals surface area contributed by atoms with Crippen molar-refractivity contribution in [3.8, 4) is 0 Å². The zero-order chi connectivity index (χ0) is 8.81. The third kappa shape index (κ3) is 2.63. The van der Waals surface area contributed by atoms with Crippen LogP contribution in [0.25, 0.3) is 0 Å². The number of rotatable bonds is 5. The van der Waals surface area contributed by atoms with Gasteiger partial charge < -0.3 is 5.32 Å². The zero-order valence-corrected chi connectivity index (χ0v) is 8.18. The molecule has 0 aliphatic heterocycles. The predicted molar refractivity (Wildman–Crippen MR) is 54.2 cm³/mol. The van der Waals surface area contributed by atoms with E-state index >= 15 is 0 Å². The van der Waals surface area contributed by atoms with Crippen LogP contribution in [0.4, 0.5) is 0 Å². The van der Waals surface area contributed by atoms with Crippen molar-refractivity contribution in [3.05, 3.63) is 12.7 Å². The van der Waals surface area contributed by atoms with Gasteiger partial charge in [-0.1, -0.05) is 18.9 Å². The van der Waals surface area contributed by atoms with Crippen molar-refractivity contribution < 1.29 is 0 Å². The smallest absolute Gasteiger partial charge is 0.00209 e. The monoisotopic (exact) mass is 167 g/mol. The standard InChI is InChI=1S/C11H21N/c1-3-4-6-10-7-5-8-11(10)9-12-2/h3,10-12H,1,4-9H2,2H3. The van der Waals surface area contributed by atoms with Crippen LogP contribution in [-0.2, 0) is 0 Å². The van der Waals surface area contributed by atoms with Crippen LogP contribution in [0.15, 0.2) is 12.7 Å². The first-order chi connectivity index (χ1) is 5.88. The number of hydrogen-bond acceptors (Lipinski definition) is 1. The molecule has 1 nitrogen and oxygen atoms in total. The highest BCUT2D eigenvalue weighted by Gasteiger charge is 2.25. The van der Waals surface area contributed by atoms with Crippen LogP contribution >= 0.6 is 0 Å². The molecule has 1 saturated carbocycles. The van der Waals surface area contributed by atoms with Crippen LogP contribution in [0.3, 0.4) is 0 Å². The maximum absolute atomic E-state index is 3.78. The molecule has 0 saturated heterocycles. The summed E-state index contributed by atoms with van der Waals surface area (Å²) in [5, 5.41) is 3.29. The van der Waals surface area contributed by atoms with E-state index in [2.05, 4.69) is 25.0 Å². The van der Waals surface area contributed by atoms with E-state index in [1.807, 2.05) is 0 Å². The number of hydrogen-bond donors (Lipinski definition) is 1. The topological polar surface area (TPSA) is 12.0 Å². The SMILES string of the molecule is C=CCCC1CCCC1CNC. The molecule has 0 heterocycles. The van der Waals surface area contributed by atoms with Crippen LogP contribution in [0, 0.1) is 11.8 Å². The lowest BCUT2D eigenvalue weighted by molar-refractivity contribution is 0.357. The molecule has 70 valence electrons. The first-order valence-corrected chi connectivity index (χ1v) is 5.14. The van der Waals surface area contributed by atoms with Crippen molar-refractivity contribution in [3.63, 3.8) is 0 Å². The van der Waals surface area contributed by atoms with E-state index < -0.39 is 0 Å². The minimum Gasteiger partial charge on any atom is -0.319 e. The molecule has 2 unspecified atom stereocenters. The summed E-state index contributed by atoms with van der Waals surface area (Å²) in [6.07, 6.45) is 8.92. The van der Waals surface area contributed by atoms with Crippen LogP contribution in [-0.4, -0.2) is 13.6 Å². The molecule has 1 rings (SSSR count). The van der Waals surface area contributed by atoms with Crippen molar-refractivity contribution in [2.45, 2.75) is 32.1 Å². The first kappa shape index (κ1) is 9.79. The average Bonchev–Trinajstić information content (AvgIpc) is 2.50. The maximum Gasteiger partial charge on any atom is -0.00209 e. The second-order valence-electron chi connectivity index (χ2n) is 3.87. The molecule has 0 aromatic heterocycles. The summed E-state index contributed by atoms with van der Waals surface area (Å²) >= 11 is 0. The summed E-state index contributed by atoms with van der Waals surface area (Å²) in [5.74, 6) is 1.91. The van der Waals surface area contributed by atoms with Crippen molar-refractivity contribution in [2.75, 3.05) is 13.6 Å². The minimum absolute atomic E-state index is 0.940. The van der Waals surface area contributed by atoms with Gasteiger partial charge in [-0.05, 0) is 44.7 Å². The Kier molecular flexibility index (Phi) is 4.37. The molecule has 1 heteroatoms. The molecule has 0 aromatic rings. The van der Waals surface area contributed by atoms with Gasteiger partial charge in [-0.3, -0.25) is 0 Å². The van der Waals surface area contributed by atoms with Crippen LogP contribution in [0.1, 0.15) is 32.1 Å². The Morgan fingerprint density at radius 1 is 1.42 bits per heavy atom. The Morgan fingerprint density at radius 2 is 2.17 bits per heavy atom. The highest BCUT2D eigenvalue weighted by atomic mass is 14.8. The van der Waals surface area contributed by atoms with Crippen LogP contribution < -0.4 is 5.32 Å². The van der Waals surface area contributed by atoms with Crippen molar-refractivity contribution >= 4 is 0 Å². The highest BCUT2D eigenvalue weighted by molar-refractivity contribution is 4.81. The molecule has 1 aliphatic rings. The Morgan fingerprint density at radius 3 is 2.83 bits per heavy atom. The van der Waals surface area contributed by atoms with Gasteiger partial charge in [-0.2, -0.15) is 0 Å². The van der Waals surface area contributed by atoms with Gasteiger partial charge in [0, 0.05) is 0 Å². The fraction of sp³-hybridized carbons (Fsp3) is 0.818. The van der Waals surface area contributed by atoms with Gasteiger partial charge in [0.05, 0.1) is 0 Å². The van der Waals surface area contributed by atoms with E-state index in [4.69, 9.17) is 0 Å². The zero-order valence-electron chi connectivity index (χ0n) is 8.18. The highest BCUT2D eigenvalue weighted by Crippen LogP contribution is 2.34. The largest absolute Gasteiger partial charge is 0.319 e. The maximum atomic E-state index is 3.78. The molecule has 1 fully saturated rings. The van der Waals surface area contributed by atoms with Crippen molar-refractivity contribution in [2.24, 2.45) is 11.8 Å². The number of allylic oxidation sites excluding steroid dienone is 1. The second kappa shape index (κ2) is 5.36. The van der Waals surface area contributed by atoms with Gasteiger partial charge in [0.25, 0.3) is 0 Å². The summed E-state index contributed by atoms with van der Waals surface area (Å²) in [7, 11) is 2.06. The third-order valence-corrected chi connectivity index (χ3v) is 3.02. The molecular formula is C11H21N. The van der Waals surface area contributed by atoms with Gasteiger partial charge in [0.1, 0.15) is 0 Å². The lowest BCUT2D eigenvalue weighted by Gasteiger charge is -2.18. The minimum atomic E-state index is 0.940. The molecule has 2 atom stereocenters. The second-order valence-corrected chi connectivity index (χ2v) is 3.87. The molecular weight excluding hydrogens is 146 g/mol. The van der Waals surface area contributed by atoms with Crippen LogP contribution in [0.2, 0.25) is 0 Å². The summed E-state index contributed by atoms with van der Waals surface area (Å²) in [6, 6.07) is 0. The van der Waals surface area contributed by atoms with E-state index in [1.165, 1.54) is 38.6 Å². The quantitative estimate of drug-likeness (QED) is 0.621. The Labute approximate surface area is 76.2 Å². The molecule has 12 heavy (non-hydrogen) atoms. The number of nitrogens with one attached hydrogen (secondary N) is 1. The van der Waals surface area contributed by atoms with E-state index in [-0.39, 0.29) is 0 Å². The van der Waals surface area contributed by atoms with Crippen molar-refractivity contribution in [1.82, 2.24) is 5.32 Å². The molecule has 0 amide bonds. The molecule has 0 radical (unpaired) electrons. The van der Waals surface area contributed by atoms with E-state index in [1.54, 1.807) is 0 Å². The average molecular weight is 167 g/mol. The lowest BCUT2D eigenvalue weighted by atomic mass is 9.91.